The fraction of sp³-hybridized carbons (Fsp3) is 0.0392. The molecule has 0 saturated heterocycles. The molecule has 0 saturated carbocycles. The van der Waals surface area contributed by atoms with Crippen molar-refractivity contribution in [2.24, 2.45) is 0 Å². The summed E-state index contributed by atoms with van der Waals surface area (Å²) in [4.78, 5) is 0. The van der Waals surface area contributed by atoms with E-state index in [4.69, 9.17) is 0 Å². The highest BCUT2D eigenvalue weighted by Crippen LogP contribution is 2.37. The first-order valence-corrected chi connectivity index (χ1v) is 18.5. The first kappa shape index (κ1) is 32.9. The lowest BCUT2D eigenvalue weighted by atomic mass is 9.89. The van der Waals surface area contributed by atoms with Gasteiger partial charge >= 0.3 is 0 Å². The first-order chi connectivity index (χ1) is 26.7. The molecule has 1 unspecified atom stereocenters. The number of hydrogen-bond donors (Lipinski definition) is 3. The molecule has 258 valence electrons. The molecule has 0 amide bonds. The molecule has 1 atom stereocenters. The van der Waals surface area contributed by atoms with Crippen LogP contribution in [0.3, 0.4) is 0 Å². The van der Waals surface area contributed by atoms with Crippen LogP contribution in [0.2, 0.25) is 0 Å². The van der Waals surface area contributed by atoms with Crippen molar-refractivity contribution in [3.05, 3.63) is 223 Å². The van der Waals surface area contributed by atoms with Crippen molar-refractivity contribution in [1.82, 2.24) is 5.32 Å². The highest BCUT2D eigenvalue weighted by molar-refractivity contribution is 6.17. The molecule has 9 rings (SSSR count). The molecule has 1 aliphatic heterocycles. The van der Waals surface area contributed by atoms with Gasteiger partial charge in [0.2, 0.25) is 0 Å². The molecule has 1 heterocycles. The number of dihydropyridines is 1. The Bertz CT molecular complexity index is 2700. The second-order valence-corrected chi connectivity index (χ2v) is 13.8. The summed E-state index contributed by atoms with van der Waals surface area (Å²) in [5.74, 6) is 0. The molecule has 8 aromatic rings. The fourth-order valence-corrected chi connectivity index (χ4v) is 7.66. The van der Waals surface area contributed by atoms with Gasteiger partial charge in [0, 0.05) is 23.1 Å². The SMILES string of the molecule is N=C(c1ccccc1)c1ccc2ccccc2c1NCc1cc(-c2ccccc2)cc(-c2cc(-c3cccc4ccccc34)cc(C3C=CC=CN3)c2)c1. The summed E-state index contributed by atoms with van der Waals surface area (Å²) in [5.41, 5.74) is 12.7. The van der Waals surface area contributed by atoms with Crippen LogP contribution < -0.4 is 10.6 Å². The van der Waals surface area contributed by atoms with Crippen molar-refractivity contribution in [2.45, 2.75) is 12.6 Å². The van der Waals surface area contributed by atoms with E-state index in [0.29, 0.717) is 12.3 Å². The number of anilines is 1. The van der Waals surface area contributed by atoms with Crippen molar-refractivity contribution in [1.29, 1.82) is 5.41 Å². The van der Waals surface area contributed by atoms with Crippen molar-refractivity contribution in [3.8, 4) is 33.4 Å². The van der Waals surface area contributed by atoms with Crippen LogP contribution in [0.15, 0.2) is 200 Å². The predicted octanol–water partition coefficient (Wildman–Crippen LogP) is 12.7. The monoisotopic (exact) mass is 693 g/mol. The van der Waals surface area contributed by atoms with Gasteiger partial charge in [-0.1, -0.05) is 152 Å². The van der Waals surface area contributed by atoms with E-state index in [0.717, 1.165) is 49.8 Å². The summed E-state index contributed by atoms with van der Waals surface area (Å²) < 4.78 is 0. The summed E-state index contributed by atoms with van der Waals surface area (Å²) in [6, 6.07) is 62.5. The highest BCUT2D eigenvalue weighted by atomic mass is 14.9. The van der Waals surface area contributed by atoms with Gasteiger partial charge in [-0.3, -0.25) is 5.41 Å². The van der Waals surface area contributed by atoms with Gasteiger partial charge in [-0.05, 0) is 109 Å². The zero-order valence-corrected chi connectivity index (χ0v) is 29.8. The number of hydrogen-bond acceptors (Lipinski definition) is 3. The lowest BCUT2D eigenvalue weighted by molar-refractivity contribution is 0.747. The third-order valence-corrected chi connectivity index (χ3v) is 10.4. The summed E-state index contributed by atoms with van der Waals surface area (Å²) in [6.07, 6.45) is 8.39. The molecular weight excluding hydrogens is 655 g/mol. The van der Waals surface area contributed by atoms with Gasteiger partial charge in [0.15, 0.2) is 0 Å². The van der Waals surface area contributed by atoms with Crippen LogP contribution >= 0.6 is 0 Å². The largest absolute Gasteiger partial charge is 0.381 e. The molecule has 0 radical (unpaired) electrons. The second kappa shape index (κ2) is 14.6. The molecule has 3 heteroatoms. The Morgan fingerprint density at radius 3 is 1.94 bits per heavy atom. The van der Waals surface area contributed by atoms with E-state index in [9.17, 15) is 5.41 Å². The molecule has 54 heavy (non-hydrogen) atoms. The maximum atomic E-state index is 9.25. The van der Waals surface area contributed by atoms with Crippen LogP contribution in [0.4, 0.5) is 5.69 Å². The topological polar surface area (TPSA) is 47.9 Å². The van der Waals surface area contributed by atoms with Gasteiger partial charge in [-0.25, -0.2) is 0 Å². The zero-order valence-electron chi connectivity index (χ0n) is 29.8. The Labute approximate surface area is 316 Å². The molecule has 3 N–H and O–H groups in total. The first-order valence-electron chi connectivity index (χ1n) is 18.5. The molecule has 1 aliphatic rings. The van der Waals surface area contributed by atoms with Gasteiger partial charge in [-0.15, -0.1) is 0 Å². The summed E-state index contributed by atoms with van der Waals surface area (Å²) in [6.45, 7) is 0.588. The molecule has 0 bridgehead atoms. The minimum absolute atomic E-state index is 0.0619. The van der Waals surface area contributed by atoms with Gasteiger partial charge in [0.1, 0.15) is 0 Å². The van der Waals surface area contributed by atoms with E-state index in [1.807, 2.05) is 42.6 Å². The van der Waals surface area contributed by atoms with Crippen LogP contribution in [0.5, 0.6) is 0 Å². The molecule has 0 aliphatic carbocycles. The van der Waals surface area contributed by atoms with Crippen molar-refractivity contribution >= 4 is 32.9 Å². The minimum Gasteiger partial charge on any atom is -0.381 e. The van der Waals surface area contributed by atoms with Gasteiger partial charge in [0.05, 0.1) is 17.4 Å². The smallest absolute Gasteiger partial charge is 0.0705 e. The average Bonchev–Trinajstić information content (AvgIpc) is 3.25. The molecular formula is C51H39N3. The van der Waals surface area contributed by atoms with Crippen molar-refractivity contribution in [3.63, 3.8) is 0 Å². The number of allylic oxidation sites excluding steroid dienone is 2. The third kappa shape index (κ3) is 6.60. The van der Waals surface area contributed by atoms with E-state index < -0.39 is 0 Å². The van der Waals surface area contributed by atoms with Gasteiger partial charge in [0.25, 0.3) is 0 Å². The summed E-state index contributed by atoms with van der Waals surface area (Å²) in [5, 5.41) is 21.4. The van der Waals surface area contributed by atoms with Crippen molar-refractivity contribution < 1.29 is 0 Å². The van der Waals surface area contributed by atoms with E-state index in [-0.39, 0.29) is 6.04 Å². The Hall–Kier alpha value is -6.97. The molecule has 0 aromatic heterocycles. The lowest BCUT2D eigenvalue weighted by Gasteiger charge is -2.20. The fourth-order valence-electron chi connectivity index (χ4n) is 7.66. The average molecular weight is 694 g/mol. The van der Waals surface area contributed by atoms with E-state index in [1.165, 1.54) is 33.0 Å². The molecule has 3 nitrogen and oxygen atoms in total. The van der Waals surface area contributed by atoms with E-state index in [2.05, 4.69) is 168 Å². The minimum atomic E-state index is 0.0619. The van der Waals surface area contributed by atoms with Crippen LogP contribution in [0.1, 0.15) is 28.3 Å². The Kier molecular flexibility index (Phi) is 8.88. The molecule has 8 aromatic carbocycles. The number of benzene rings is 8. The summed E-state index contributed by atoms with van der Waals surface area (Å²) >= 11 is 0. The maximum absolute atomic E-state index is 9.25. The van der Waals surface area contributed by atoms with E-state index >= 15 is 0 Å². The predicted molar refractivity (Wildman–Crippen MR) is 228 cm³/mol. The van der Waals surface area contributed by atoms with Crippen LogP contribution in [-0.4, -0.2) is 5.71 Å². The Morgan fingerprint density at radius 2 is 1.17 bits per heavy atom. The summed E-state index contributed by atoms with van der Waals surface area (Å²) in [7, 11) is 0. The zero-order chi connectivity index (χ0) is 36.3. The standard InChI is InChI=1S/C51H39N3/c52-50(39-18-5-2-6-19-39)48-26-25-38-17-8-10-22-47(38)51(48)54-34-35-28-40(36-14-3-1-4-15-36)30-41(29-35)42-31-43(33-44(32-42)49-24-11-12-27-53-49)46-23-13-20-37-16-7-9-21-45(37)46/h1-33,49,52-54H,34H2. The number of rotatable bonds is 9. The quantitative estimate of drug-likeness (QED) is 0.132. The molecule has 0 fully saturated rings. The number of fused-ring (bicyclic) bond motifs is 2. The maximum Gasteiger partial charge on any atom is 0.0705 e. The van der Waals surface area contributed by atoms with Gasteiger partial charge < -0.3 is 10.6 Å². The van der Waals surface area contributed by atoms with Crippen LogP contribution in [0.25, 0.3) is 54.9 Å². The van der Waals surface area contributed by atoms with Crippen molar-refractivity contribution in [2.75, 3.05) is 5.32 Å². The third-order valence-electron chi connectivity index (χ3n) is 10.4. The second-order valence-electron chi connectivity index (χ2n) is 13.8. The van der Waals surface area contributed by atoms with Crippen LogP contribution in [-0.2, 0) is 6.54 Å². The van der Waals surface area contributed by atoms with E-state index in [1.54, 1.807) is 0 Å². The van der Waals surface area contributed by atoms with Gasteiger partial charge in [-0.2, -0.15) is 0 Å². The lowest BCUT2D eigenvalue weighted by Crippen LogP contribution is -2.15. The number of nitrogens with one attached hydrogen (secondary N) is 3. The molecule has 0 spiro atoms. The van der Waals surface area contributed by atoms with Crippen LogP contribution in [0, 0.1) is 5.41 Å². The Balaban J connectivity index is 1.17. The normalized spacial score (nSPS) is 13.5. The highest BCUT2D eigenvalue weighted by Gasteiger charge is 2.17. The Morgan fingerprint density at radius 1 is 0.537 bits per heavy atom.